The Hall–Kier alpha value is -0.610. The van der Waals surface area contributed by atoms with Crippen LogP contribution in [0.4, 0.5) is 0 Å². The second-order valence-corrected chi connectivity index (χ2v) is 6.61. The zero-order chi connectivity index (χ0) is 13.7. The van der Waals surface area contributed by atoms with E-state index in [0.29, 0.717) is 12.0 Å². The van der Waals surface area contributed by atoms with Crippen LogP contribution in [-0.2, 0) is 9.53 Å². The Morgan fingerprint density at radius 2 is 2.06 bits per heavy atom. The van der Waals surface area contributed by atoms with Crippen LogP contribution in [0.5, 0.6) is 0 Å². The molecule has 4 atom stereocenters. The molecule has 1 aliphatic carbocycles. The van der Waals surface area contributed by atoms with Crippen LogP contribution >= 0.6 is 0 Å². The van der Waals surface area contributed by atoms with Gasteiger partial charge in [-0.3, -0.25) is 10.1 Å². The average Bonchev–Trinajstić information content (AvgIpc) is 2.56. The fourth-order valence-electron chi connectivity index (χ4n) is 3.40. The molecule has 0 aromatic rings. The standard InChI is InChI=1S/C14H26N2O2/c1-8(2)12-13(17)16(9(3)15-12)10-7-11(18-6)14(10,4)5/h8-12,15H,7H2,1-6H3. The summed E-state index contributed by atoms with van der Waals surface area (Å²) in [6, 6.07) is 0.263. The molecule has 0 bridgehead atoms. The molecule has 0 aromatic heterocycles. The summed E-state index contributed by atoms with van der Waals surface area (Å²) in [5.41, 5.74) is 0.0478. The smallest absolute Gasteiger partial charge is 0.241 e. The summed E-state index contributed by atoms with van der Waals surface area (Å²) in [7, 11) is 1.76. The van der Waals surface area contributed by atoms with Crippen molar-refractivity contribution in [2.45, 2.75) is 65.4 Å². The van der Waals surface area contributed by atoms with Gasteiger partial charge in [-0.25, -0.2) is 0 Å². The van der Waals surface area contributed by atoms with E-state index in [1.807, 2.05) is 4.90 Å². The summed E-state index contributed by atoms with van der Waals surface area (Å²) < 4.78 is 5.48. The molecule has 1 amide bonds. The molecule has 1 heterocycles. The van der Waals surface area contributed by atoms with Crippen molar-refractivity contribution in [2.75, 3.05) is 7.11 Å². The first kappa shape index (κ1) is 13.8. The summed E-state index contributed by atoms with van der Waals surface area (Å²) in [6.45, 7) is 10.7. The summed E-state index contributed by atoms with van der Waals surface area (Å²) >= 11 is 0. The van der Waals surface area contributed by atoms with Crippen molar-refractivity contribution in [1.29, 1.82) is 0 Å². The number of rotatable bonds is 3. The highest BCUT2D eigenvalue weighted by atomic mass is 16.5. The summed E-state index contributed by atoms with van der Waals surface area (Å²) in [6.07, 6.45) is 1.35. The van der Waals surface area contributed by atoms with E-state index < -0.39 is 0 Å². The molecule has 1 saturated heterocycles. The first-order valence-corrected chi connectivity index (χ1v) is 6.91. The maximum Gasteiger partial charge on any atom is 0.241 e. The van der Waals surface area contributed by atoms with Gasteiger partial charge in [0.25, 0.3) is 0 Å². The predicted octanol–water partition coefficient (Wildman–Crippen LogP) is 1.60. The van der Waals surface area contributed by atoms with Gasteiger partial charge in [0.15, 0.2) is 0 Å². The summed E-state index contributed by atoms with van der Waals surface area (Å²) in [4.78, 5) is 14.5. The van der Waals surface area contributed by atoms with Gasteiger partial charge in [-0.15, -0.1) is 0 Å². The van der Waals surface area contributed by atoms with Crippen molar-refractivity contribution in [1.82, 2.24) is 10.2 Å². The van der Waals surface area contributed by atoms with Crippen molar-refractivity contribution in [3.05, 3.63) is 0 Å². The number of nitrogens with one attached hydrogen (secondary N) is 1. The first-order valence-electron chi connectivity index (χ1n) is 6.91. The van der Waals surface area contributed by atoms with E-state index in [-0.39, 0.29) is 29.6 Å². The Kier molecular flexibility index (Phi) is 3.45. The van der Waals surface area contributed by atoms with Crippen molar-refractivity contribution in [3.63, 3.8) is 0 Å². The molecule has 104 valence electrons. The molecule has 1 saturated carbocycles. The van der Waals surface area contributed by atoms with Crippen LogP contribution in [0, 0.1) is 11.3 Å². The fourth-order valence-corrected chi connectivity index (χ4v) is 3.40. The Bertz CT molecular complexity index is 341. The summed E-state index contributed by atoms with van der Waals surface area (Å²) in [5.74, 6) is 0.594. The van der Waals surface area contributed by atoms with Gasteiger partial charge in [-0.05, 0) is 19.3 Å². The topological polar surface area (TPSA) is 41.6 Å². The Morgan fingerprint density at radius 1 is 1.44 bits per heavy atom. The monoisotopic (exact) mass is 254 g/mol. The molecule has 4 heteroatoms. The normalized spacial score (nSPS) is 39.3. The Balaban J connectivity index is 2.13. The number of nitrogens with zero attached hydrogens (tertiary/aromatic N) is 1. The molecule has 18 heavy (non-hydrogen) atoms. The Morgan fingerprint density at radius 3 is 2.44 bits per heavy atom. The minimum absolute atomic E-state index is 0.0302. The van der Waals surface area contributed by atoms with Crippen molar-refractivity contribution in [3.8, 4) is 0 Å². The molecule has 4 nitrogen and oxygen atoms in total. The second-order valence-electron chi connectivity index (χ2n) is 6.61. The highest BCUT2D eigenvalue weighted by Gasteiger charge is 2.56. The zero-order valence-corrected chi connectivity index (χ0v) is 12.4. The lowest BCUT2D eigenvalue weighted by atomic mass is 9.63. The van der Waals surface area contributed by atoms with Crippen LogP contribution in [-0.4, -0.2) is 42.3 Å². The van der Waals surface area contributed by atoms with Gasteiger partial charge in [0.2, 0.25) is 5.91 Å². The molecule has 4 unspecified atom stereocenters. The number of carbonyl (C=O) groups is 1. The molecule has 1 N–H and O–H groups in total. The molecule has 2 aliphatic rings. The largest absolute Gasteiger partial charge is 0.381 e. The Labute approximate surface area is 110 Å². The van der Waals surface area contributed by atoms with Crippen LogP contribution in [0.2, 0.25) is 0 Å². The minimum atomic E-state index is -0.0302. The van der Waals surface area contributed by atoms with Gasteiger partial charge >= 0.3 is 0 Å². The van der Waals surface area contributed by atoms with Crippen molar-refractivity contribution < 1.29 is 9.53 Å². The lowest BCUT2D eigenvalue weighted by Gasteiger charge is -2.55. The lowest BCUT2D eigenvalue weighted by molar-refractivity contribution is -0.161. The maximum atomic E-state index is 12.5. The molecule has 0 aromatic carbocycles. The van der Waals surface area contributed by atoms with Gasteiger partial charge in [0, 0.05) is 18.6 Å². The van der Waals surface area contributed by atoms with E-state index in [2.05, 4.69) is 39.9 Å². The van der Waals surface area contributed by atoms with E-state index >= 15 is 0 Å². The molecule has 1 aliphatic heterocycles. The number of amides is 1. The average molecular weight is 254 g/mol. The lowest BCUT2D eigenvalue weighted by Crippen LogP contribution is -2.64. The highest BCUT2D eigenvalue weighted by molar-refractivity contribution is 5.85. The molecule has 0 spiro atoms. The van der Waals surface area contributed by atoms with Crippen molar-refractivity contribution >= 4 is 5.91 Å². The van der Waals surface area contributed by atoms with Gasteiger partial charge in [0.1, 0.15) is 0 Å². The minimum Gasteiger partial charge on any atom is -0.381 e. The van der Waals surface area contributed by atoms with Crippen LogP contribution < -0.4 is 5.32 Å². The third-order valence-electron chi connectivity index (χ3n) is 4.77. The molecule has 2 fully saturated rings. The number of methoxy groups -OCH3 is 1. The van der Waals surface area contributed by atoms with Crippen LogP contribution in [0.3, 0.4) is 0 Å². The maximum absolute atomic E-state index is 12.5. The van der Waals surface area contributed by atoms with Crippen LogP contribution in [0.15, 0.2) is 0 Å². The van der Waals surface area contributed by atoms with Crippen LogP contribution in [0.1, 0.15) is 41.0 Å². The van der Waals surface area contributed by atoms with Gasteiger partial charge < -0.3 is 9.64 Å². The predicted molar refractivity (Wildman–Crippen MR) is 71.1 cm³/mol. The third-order valence-corrected chi connectivity index (χ3v) is 4.77. The molecule has 0 radical (unpaired) electrons. The fraction of sp³-hybridized carbons (Fsp3) is 0.929. The van der Waals surface area contributed by atoms with Crippen molar-refractivity contribution in [2.24, 2.45) is 11.3 Å². The van der Waals surface area contributed by atoms with E-state index in [1.165, 1.54) is 0 Å². The van der Waals surface area contributed by atoms with E-state index in [0.717, 1.165) is 6.42 Å². The van der Waals surface area contributed by atoms with E-state index in [1.54, 1.807) is 7.11 Å². The van der Waals surface area contributed by atoms with Crippen LogP contribution in [0.25, 0.3) is 0 Å². The molecular formula is C14H26N2O2. The SMILES string of the molecule is COC1CC(N2C(=O)C(C(C)C)NC2C)C1(C)C. The molecular weight excluding hydrogens is 228 g/mol. The third kappa shape index (κ3) is 1.86. The van der Waals surface area contributed by atoms with Gasteiger partial charge in [-0.2, -0.15) is 0 Å². The second kappa shape index (κ2) is 4.49. The number of carbonyl (C=O) groups excluding carboxylic acids is 1. The number of hydrogen-bond acceptors (Lipinski definition) is 3. The van der Waals surface area contributed by atoms with Gasteiger partial charge in [0.05, 0.1) is 18.3 Å². The van der Waals surface area contributed by atoms with E-state index in [9.17, 15) is 4.79 Å². The quantitative estimate of drug-likeness (QED) is 0.832. The molecule has 2 rings (SSSR count). The number of hydrogen-bond donors (Lipinski definition) is 1. The summed E-state index contributed by atoms with van der Waals surface area (Å²) in [5, 5.41) is 3.41. The number of ether oxygens (including phenoxy) is 1. The van der Waals surface area contributed by atoms with E-state index in [4.69, 9.17) is 4.74 Å². The zero-order valence-electron chi connectivity index (χ0n) is 12.4. The highest BCUT2D eigenvalue weighted by Crippen LogP contribution is 2.47. The van der Waals surface area contributed by atoms with Gasteiger partial charge in [-0.1, -0.05) is 27.7 Å². The first-order chi connectivity index (χ1) is 8.30.